The molecule has 0 saturated carbocycles. The van der Waals surface area contributed by atoms with Crippen LogP contribution in [-0.2, 0) is 9.59 Å². The summed E-state index contributed by atoms with van der Waals surface area (Å²) in [5.74, 6) is -0.0331. The molecule has 0 radical (unpaired) electrons. The summed E-state index contributed by atoms with van der Waals surface area (Å²) in [5.41, 5.74) is 5.64. The van der Waals surface area contributed by atoms with Gasteiger partial charge in [-0.15, -0.1) is 0 Å². The van der Waals surface area contributed by atoms with E-state index in [-0.39, 0.29) is 18.4 Å². The zero-order valence-corrected chi connectivity index (χ0v) is 9.91. The maximum absolute atomic E-state index is 11.4. The molecule has 1 atom stereocenters. The molecule has 5 heteroatoms. The van der Waals surface area contributed by atoms with Crippen molar-refractivity contribution in [2.24, 2.45) is 11.7 Å². The Hall–Kier alpha value is -1.10. The molecule has 0 aromatic rings. The van der Waals surface area contributed by atoms with E-state index in [4.69, 9.17) is 5.73 Å². The van der Waals surface area contributed by atoms with Gasteiger partial charge in [-0.05, 0) is 12.3 Å². The van der Waals surface area contributed by atoms with Gasteiger partial charge < -0.3 is 16.0 Å². The molecule has 0 aromatic heterocycles. The molecule has 2 amide bonds. The van der Waals surface area contributed by atoms with Gasteiger partial charge in [-0.3, -0.25) is 9.59 Å². The van der Waals surface area contributed by atoms with Gasteiger partial charge in [0.05, 0.1) is 12.6 Å². The van der Waals surface area contributed by atoms with Crippen molar-refractivity contribution in [2.75, 3.05) is 20.6 Å². The van der Waals surface area contributed by atoms with E-state index in [2.05, 4.69) is 5.32 Å². The standard InChI is InChI=1S/C10H21N3O2/c1-7(2)5-8(11)10(15)12-6-9(14)13(3)4/h7-8H,5-6,11H2,1-4H3,(H,12,15). The zero-order valence-electron chi connectivity index (χ0n) is 9.91. The fraction of sp³-hybridized carbons (Fsp3) is 0.800. The van der Waals surface area contributed by atoms with E-state index >= 15 is 0 Å². The maximum atomic E-state index is 11.4. The number of carbonyl (C=O) groups is 2. The Labute approximate surface area is 91.0 Å². The summed E-state index contributed by atoms with van der Waals surface area (Å²) >= 11 is 0. The molecule has 88 valence electrons. The van der Waals surface area contributed by atoms with E-state index in [1.165, 1.54) is 4.90 Å². The largest absolute Gasteiger partial charge is 0.347 e. The molecular weight excluding hydrogens is 194 g/mol. The minimum atomic E-state index is -0.528. The molecule has 0 saturated heterocycles. The topological polar surface area (TPSA) is 75.4 Å². The van der Waals surface area contributed by atoms with E-state index in [1.54, 1.807) is 14.1 Å². The molecule has 0 heterocycles. The van der Waals surface area contributed by atoms with Crippen LogP contribution in [0.2, 0.25) is 0 Å². The molecule has 0 aliphatic carbocycles. The van der Waals surface area contributed by atoms with Crippen molar-refractivity contribution in [1.82, 2.24) is 10.2 Å². The molecule has 0 fully saturated rings. The monoisotopic (exact) mass is 215 g/mol. The van der Waals surface area contributed by atoms with E-state index in [0.29, 0.717) is 12.3 Å². The van der Waals surface area contributed by atoms with Crippen LogP contribution in [-0.4, -0.2) is 43.4 Å². The van der Waals surface area contributed by atoms with Crippen molar-refractivity contribution in [3.05, 3.63) is 0 Å². The lowest BCUT2D eigenvalue weighted by Gasteiger charge is -2.15. The molecule has 0 bridgehead atoms. The minimum Gasteiger partial charge on any atom is -0.347 e. The summed E-state index contributed by atoms with van der Waals surface area (Å²) in [5, 5.41) is 2.51. The summed E-state index contributed by atoms with van der Waals surface area (Å²) in [6, 6.07) is -0.528. The third-order valence-electron chi connectivity index (χ3n) is 1.97. The molecule has 0 rings (SSSR count). The predicted octanol–water partition coefficient (Wildman–Crippen LogP) is -0.436. The van der Waals surface area contributed by atoms with Crippen molar-refractivity contribution < 1.29 is 9.59 Å². The van der Waals surface area contributed by atoms with Gasteiger partial charge >= 0.3 is 0 Å². The molecule has 3 N–H and O–H groups in total. The Morgan fingerprint density at radius 2 is 1.87 bits per heavy atom. The first-order valence-electron chi connectivity index (χ1n) is 5.08. The van der Waals surface area contributed by atoms with Crippen LogP contribution in [0.4, 0.5) is 0 Å². The molecular formula is C10H21N3O2. The quantitative estimate of drug-likeness (QED) is 0.653. The van der Waals surface area contributed by atoms with Gasteiger partial charge in [-0.1, -0.05) is 13.8 Å². The number of nitrogens with two attached hydrogens (primary N) is 1. The lowest BCUT2D eigenvalue weighted by Crippen LogP contribution is -2.45. The van der Waals surface area contributed by atoms with Crippen LogP contribution in [0.15, 0.2) is 0 Å². The highest BCUT2D eigenvalue weighted by Crippen LogP contribution is 2.02. The highest BCUT2D eigenvalue weighted by Gasteiger charge is 2.15. The number of carbonyl (C=O) groups excluding carboxylic acids is 2. The maximum Gasteiger partial charge on any atom is 0.241 e. The number of hydrogen-bond donors (Lipinski definition) is 2. The number of nitrogens with one attached hydrogen (secondary N) is 1. The fourth-order valence-corrected chi connectivity index (χ4v) is 1.07. The van der Waals surface area contributed by atoms with Crippen LogP contribution in [0.25, 0.3) is 0 Å². The van der Waals surface area contributed by atoms with Crippen molar-refractivity contribution in [3.63, 3.8) is 0 Å². The van der Waals surface area contributed by atoms with E-state index < -0.39 is 6.04 Å². The van der Waals surface area contributed by atoms with Gasteiger partial charge in [0.2, 0.25) is 11.8 Å². The molecule has 1 unspecified atom stereocenters. The minimum absolute atomic E-state index is 0.0115. The van der Waals surface area contributed by atoms with Crippen LogP contribution in [0.3, 0.4) is 0 Å². The number of likely N-dealkylation sites (N-methyl/N-ethyl adjacent to an activating group) is 1. The lowest BCUT2D eigenvalue weighted by molar-refractivity contribution is -0.131. The van der Waals surface area contributed by atoms with Crippen molar-refractivity contribution in [3.8, 4) is 0 Å². The van der Waals surface area contributed by atoms with Gasteiger partial charge in [0.15, 0.2) is 0 Å². The van der Waals surface area contributed by atoms with E-state index in [9.17, 15) is 9.59 Å². The highest BCUT2D eigenvalue weighted by molar-refractivity contribution is 5.87. The Kier molecular flexibility index (Phi) is 5.93. The first-order valence-corrected chi connectivity index (χ1v) is 5.08. The van der Waals surface area contributed by atoms with E-state index in [1.807, 2.05) is 13.8 Å². The number of hydrogen-bond acceptors (Lipinski definition) is 3. The molecule has 0 spiro atoms. The van der Waals surface area contributed by atoms with Crippen LogP contribution >= 0.6 is 0 Å². The summed E-state index contributed by atoms with van der Waals surface area (Å²) in [4.78, 5) is 24.0. The Bertz CT molecular complexity index is 227. The average molecular weight is 215 g/mol. The SMILES string of the molecule is CC(C)CC(N)C(=O)NCC(=O)N(C)C. The van der Waals surface area contributed by atoms with Gasteiger partial charge in [0.1, 0.15) is 0 Å². The molecule has 0 aliphatic heterocycles. The van der Waals surface area contributed by atoms with Crippen molar-refractivity contribution in [2.45, 2.75) is 26.3 Å². The van der Waals surface area contributed by atoms with Crippen LogP contribution < -0.4 is 11.1 Å². The molecule has 0 aromatic carbocycles. The molecule has 15 heavy (non-hydrogen) atoms. The number of amides is 2. The zero-order chi connectivity index (χ0) is 12.0. The molecule has 0 aliphatic rings. The van der Waals surface area contributed by atoms with Gasteiger partial charge in [-0.2, -0.15) is 0 Å². The second-order valence-electron chi connectivity index (χ2n) is 4.24. The smallest absolute Gasteiger partial charge is 0.241 e. The van der Waals surface area contributed by atoms with Crippen LogP contribution in [0, 0.1) is 5.92 Å². The average Bonchev–Trinajstić information content (AvgIpc) is 2.12. The Morgan fingerprint density at radius 1 is 1.33 bits per heavy atom. The van der Waals surface area contributed by atoms with Gasteiger partial charge in [-0.25, -0.2) is 0 Å². The highest BCUT2D eigenvalue weighted by atomic mass is 16.2. The third-order valence-corrected chi connectivity index (χ3v) is 1.97. The normalized spacial score (nSPS) is 12.4. The van der Waals surface area contributed by atoms with Crippen molar-refractivity contribution >= 4 is 11.8 Å². The summed E-state index contributed by atoms with van der Waals surface area (Å²) in [6.07, 6.45) is 0.627. The van der Waals surface area contributed by atoms with Gasteiger partial charge in [0.25, 0.3) is 0 Å². The third kappa shape index (κ3) is 6.06. The Balaban J connectivity index is 3.88. The van der Waals surface area contributed by atoms with Crippen LogP contribution in [0.1, 0.15) is 20.3 Å². The Morgan fingerprint density at radius 3 is 2.27 bits per heavy atom. The molecule has 5 nitrogen and oxygen atoms in total. The first-order chi connectivity index (χ1) is 6.84. The lowest BCUT2D eigenvalue weighted by atomic mass is 10.0. The van der Waals surface area contributed by atoms with Crippen LogP contribution in [0.5, 0.6) is 0 Å². The summed E-state index contributed by atoms with van der Waals surface area (Å²) < 4.78 is 0. The predicted molar refractivity (Wildman–Crippen MR) is 59.1 cm³/mol. The number of rotatable bonds is 5. The second-order valence-corrected chi connectivity index (χ2v) is 4.24. The number of nitrogens with zero attached hydrogens (tertiary/aromatic N) is 1. The second kappa shape index (κ2) is 6.40. The summed E-state index contributed by atoms with van der Waals surface area (Å²) in [7, 11) is 3.28. The van der Waals surface area contributed by atoms with Crippen molar-refractivity contribution in [1.29, 1.82) is 0 Å². The fourth-order valence-electron chi connectivity index (χ4n) is 1.07. The van der Waals surface area contributed by atoms with E-state index in [0.717, 1.165) is 0 Å². The first kappa shape index (κ1) is 13.9. The summed E-state index contributed by atoms with van der Waals surface area (Å²) in [6.45, 7) is 4.01. The van der Waals surface area contributed by atoms with Gasteiger partial charge in [0, 0.05) is 14.1 Å².